The fourth-order valence-electron chi connectivity index (χ4n) is 3.72. The van der Waals surface area contributed by atoms with E-state index in [9.17, 15) is 0 Å². The van der Waals surface area contributed by atoms with E-state index in [-0.39, 0.29) is 0 Å². The number of pyridine rings is 2. The van der Waals surface area contributed by atoms with Crippen molar-refractivity contribution in [3.63, 3.8) is 0 Å². The van der Waals surface area contributed by atoms with Crippen LogP contribution in [0.2, 0.25) is 0 Å². The monoisotopic (exact) mass is 366 g/mol. The van der Waals surface area contributed by atoms with Crippen LogP contribution in [0.3, 0.4) is 0 Å². The molecule has 2 heteroatoms. The minimum atomic E-state index is 1.19. The number of benzene rings is 2. The van der Waals surface area contributed by atoms with E-state index in [0.717, 1.165) is 0 Å². The van der Waals surface area contributed by atoms with Crippen LogP contribution in [0.4, 0.5) is 0 Å². The molecule has 28 heavy (non-hydrogen) atoms. The second-order valence-corrected chi connectivity index (χ2v) is 7.45. The van der Waals surface area contributed by atoms with E-state index in [1.807, 2.05) is 0 Å². The molecular formula is C26H26N2+2. The topological polar surface area (TPSA) is 7.76 Å². The predicted octanol–water partition coefficient (Wildman–Crippen LogP) is 4.95. The zero-order valence-corrected chi connectivity index (χ0v) is 17.0. The summed E-state index contributed by atoms with van der Waals surface area (Å²) in [6.45, 7) is 4.29. The Balaban J connectivity index is 1.86. The van der Waals surface area contributed by atoms with E-state index < -0.39 is 0 Å². The number of aromatic nitrogens is 2. The highest BCUT2D eigenvalue weighted by molar-refractivity contribution is 5.68. The highest BCUT2D eigenvalue weighted by Gasteiger charge is 2.23. The fourth-order valence-corrected chi connectivity index (χ4v) is 3.72. The lowest BCUT2D eigenvalue weighted by atomic mass is 10.0. The van der Waals surface area contributed by atoms with Gasteiger partial charge in [0.15, 0.2) is 6.20 Å². The van der Waals surface area contributed by atoms with Crippen LogP contribution in [-0.4, -0.2) is 0 Å². The van der Waals surface area contributed by atoms with Crippen molar-refractivity contribution in [1.29, 1.82) is 0 Å². The largest absolute Gasteiger partial charge is 0.277 e. The summed E-state index contributed by atoms with van der Waals surface area (Å²) in [5.41, 5.74) is 9.91. The zero-order chi connectivity index (χ0) is 19.7. The quantitative estimate of drug-likeness (QED) is 0.453. The van der Waals surface area contributed by atoms with Crippen LogP contribution in [0.25, 0.3) is 33.8 Å². The average molecular weight is 367 g/mol. The Morgan fingerprint density at radius 3 is 2.07 bits per heavy atom. The molecule has 0 saturated heterocycles. The highest BCUT2D eigenvalue weighted by Crippen LogP contribution is 2.25. The van der Waals surface area contributed by atoms with Crippen LogP contribution in [-0.2, 0) is 14.1 Å². The second-order valence-electron chi connectivity index (χ2n) is 7.45. The zero-order valence-electron chi connectivity index (χ0n) is 17.0. The van der Waals surface area contributed by atoms with Crippen molar-refractivity contribution in [2.45, 2.75) is 13.8 Å². The molecule has 0 aliphatic rings. The van der Waals surface area contributed by atoms with Crippen molar-refractivity contribution in [1.82, 2.24) is 0 Å². The van der Waals surface area contributed by atoms with Gasteiger partial charge in [0.25, 0.3) is 11.4 Å². The molecule has 4 rings (SSSR count). The summed E-state index contributed by atoms with van der Waals surface area (Å²) in [7, 11) is 4.25. The summed E-state index contributed by atoms with van der Waals surface area (Å²) in [5, 5.41) is 0. The first-order chi connectivity index (χ1) is 13.5. The molecule has 2 aromatic heterocycles. The third-order valence-electron chi connectivity index (χ3n) is 5.45. The van der Waals surface area contributed by atoms with Crippen LogP contribution >= 0.6 is 0 Å². The van der Waals surface area contributed by atoms with E-state index in [1.165, 1.54) is 44.9 Å². The maximum atomic E-state index is 2.29. The van der Waals surface area contributed by atoms with E-state index in [2.05, 4.69) is 122 Å². The summed E-state index contributed by atoms with van der Waals surface area (Å²) in [4.78, 5) is 0. The van der Waals surface area contributed by atoms with Gasteiger partial charge in [-0.05, 0) is 42.7 Å². The first-order valence-electron chi connectivity index (χ1n) is 9.67. The van der Waals surface area contributed by atoms with Crippen molar-refractivity contribution in [2.24, 2.45) is 14.1 Å². The molecule has 0 aliphatic carbocycles. The average Bonchev–Trinajstić information content (AvgIpc) is 2.70. The number of hydrogen-bond acceptors (Lipinski definition) is 0. The van der Waals surface area contributed by atoms with Crippen molar-refractivity contribution >= 4 is 0 Å². The van der Waals surface area contributed by atoms with Gasteiger partial charge in [-0.3, -0.25) is 0 Å². The Hall–Kier alpha value is -3.26. The molecule has 0 aliphatic heterocycles. The first-order valence-corrected chi connectivity index (χ1v) is 9.67. The van der Waals surface area contributed by atoms with Crippen molar-refractivity contribution in [3.05, 3.63) is 96.2 Å². The van der Waals surface area contributed by atoms with Gasteiger partial charge in [0.1, 0.15) is 14.1 Å². The van der Waals surface area contributed by atoms with Gasteiger partial charge in [0, 0.05) is 29.8 Å². The smallest absolute Gasteiger partial charge is 0.196 e. The fraction of sp³-hybridized carbons (Fsp3) is 0.154. The van der Waals surface area contributed by atoms with Crippen LogP contribution < -0.4 is 9.13 Å². The third-order valence-corrected chi connectivity index (χ3v) is 5.45. The standard InChI is InChI=1S/C26H26N2/c1-19-12-14-21(15-13-19)22-16-17-27(3)26(18-22)25-11-7-10-24(28(25)4)23-9-6-5-8-20(23)2/h5-18H,1-4H3/q+2. The minimum absolute atomic E-state index is 1.19. The molecule has 0 spiro atoms. The van der Waals surface area contributed by atoms with Crippen LogP contribution in [0, 0.1) is 13.8 Å². The molecule has 0 amide bonds. The molecule has 0 saturated carbocycles. The maximum absolute atomic E-state index is 2.29. The van der Waals surface area contributed by atoms with Gasteiger partial charge >= 0.3 is 0 Å². The molecule has 2 aromatic carbocycles. The summed E-state index contributed by atoms with van der Waals surface area (Å²) >= 11 is 0. The molecule has 0 fully saturated rings. The Morgan fingerprint density at radius 1 is 0.607 bits per heavy atom. The number of rotatable bonds is 3. The molecule has 0 N–H and O–H groups in total. The molecule has 138 valence electrons. The van der Waals surface area contributed by atoms with Gasteiger partial charge < -0.3 is 0 Å². The van der Waals surface area contributed by atoms with Crippen molar-refractivity contribution < 1.29 is 9.13 Å². The Kier molecular flexibility index (Phi) is 4.79. The summed E-state index contributed by atoms with van der Waals surface area (Å²) < 4.78 is 4.48. The van der Waals surface area contributed by atoms with E-state index in [4.69, 9.17) is 0 Å². The molecule has 2 nitrogen and oxygen atoms in total. The normalized spacial score (nSPS) is 10.9. The van der Waals surface area contributed by atoms with Gasteiger partial charge in [-0.15, -0.1) is 0 Å². The van der Waals surface area contributed by atoms with Gasteiger partial charge in [-0.2, -0.15) is 9.13 Å². The third kappa shape index (κ3) is 3.34. The lowest BCUT2D eigenvalue weighted by Crippen LogP contribution is -2.40. The SMILES string of the molecule is Cc1ccc(-c2cc[n+](C)c(-c3cccc(-c4ccccc4C)[n+]3C)c2)cc1. The molecule has 0 unspecified atom stereocenters. The van der Waals surface area contributed by atoms with Crippen molar-refractivity contribution in [3.8, 4) is 33.8 Å². The molecular weight excluding hydrogens is 340 g/mol. The molecule has 0 radical (unpaired) electrons. The minimum Gasteiger partial charge on any atom is -0.196 e. The molecule has 2 heterocycles. The maximum Gasteiger partial charge on any atom is 0.277 e. The van der Waals surface area contributed by atoms with Crippen LogP contribution in [0.1, 0.15) is 11.1 Å². The van der Waals surface area contributed by atoms with Crippen LogP contribution in [0.15, 0.2) is 85.1 Å². The number of nitrogens with zero attached hydrogens (tertiary/aromatic N) is 2. The predicted molar refractivity (Wildman–Crippen MR) is 115 cm³/mol. The summed E-state index contributed by atoms with van der Waals surface area (Å²) in [5.74, 6) is 0. The molecule has 4 aromatic rings. The molecule has 0 atom stereocenters. The number of hydrogen-bond donors (Lipinski definition) is 0. The summed E-state index contributed by atoms with van der Waals surface area (Å²) in [6.07, 6.45) is 2.14. The van der Waals surface area contributed by atoms with E-state index >= 15 is 0 Å². The van der Waals surface area contributed by atoms with E-state index in [0.29, 0.717) is 0 Å². The second kappa shape index (κ2) is 7.40. The first kappa shape index (κ1) is 18.1. The van der Waals surface area contributed by atoms with Crippen molar-refractivity contribution in [2.75, 3.05) is 0 Å². The Bertz CT molecular complexity index is 1140. The van der Waals surface area contributed by atoms with Crippen LogP contribution in [0.5, 0.6) is 0 Å². The van der Waals surface area contributed by atoms with Gasteiger partial charge in [-0.25, -0.2) is 0 Å². The van der Waals surface area contributed by atoms with Gasteiger partial charge in [0.05, 0.1) is 0 Å². The highest BCUT2D eigenvalue weighted by atomic mass is 15.0. The molecule has 0 bridgehead atoms. The lowest BCUT2D eigenvalue weighted by molar-refractivity contribution is -0.685. The lowest BCUT2D eigenvalue weighted by Gasteiger charge is -2.08. The number of aryl methyl sites for hydroxylation is 3. The van der Waals surface area contributed by atoms with Gasteiger partial charge in [-0.1, -0.05) is 48.0 Å². The Morgan fingerprint density at radius 2 is 1.32 bits per heavy atom. The van der Waals surface area contributed by atoms with E-state index in [1.54, 1.807) is 0 Å². The van der Waals surface area contributed by atoms with Gasteiger partial charge in [0.2, 0.25) is 5.69 Å². The Labute approximate surface area is 167 Å². The summed E-state index contributed by atoms with van der Waals surface area (Å²) in [6, 6.07) is 28.3.